The number of aliphatic hydroxyl groups excluding tert-OH is 2. The number of ether oxygens (including phenoxy) is 2. The molecule has 0 heterocycles. The van der Waals surface area contributed by atoms with E-state index >= 15 is 0 Å². The van der Waals surface area contributed by atoms with Crippen molar-refractivity contribution in [1.82, 2.24) is 0 Å². The average Bonchev–Trinajstić information content (AvgIpc) is 2.73. The Morgan fingerprint density at radius 3 is 1.41 bits per heavy atom. The number of aliphatic hydroxyl groups is 2. The second-order valence-electron chi connectivity index (χ2n) is 7.14. The Bertz CT molecular complexity index is 829. The molecule has 0 saturated carbocycles. The largest absolute Gasteiger partial charge is 0.491 e. The molecule has 0 fully saturated rings. The standard InChI is InChI=1S/C25H28O4/c1-18-3-7-20(8-4-18)25(21-9-5-19(2)6-10-21)22-15-23(28-13-11-26)17-24(16-22)29-14-12-27/h3-10,15-17,25-27H,11-14H2,1-2H3. The van der Waals surface area contributed by atoms with Crippen LogP contribution >= 0.6 is 0 Å². The fourth-order valence-corrected chi connectivity index (χ4v) is 3.35. The van der Waals surface area contributed by atoms with Crippen molar-refractivity contribution >= 4 is 0 Å². The molecule has 0 amide bonds. The van der Waals surface area contributed by atoms with E-state index in [-0.39, 0.29) is 32.3 Å². The van der Waals surface area contributed by atoms with Crippen molar-refractivity contribution < 1.29 is 19.7 Å². The Balaban J connectivity index is 2.09. The van der Waals surface area contributed by atoms with Gasteiger partial charge in [-0.05, 0) is 42.7 Å². The van der Waals surface area contributed by atoms with Gasteiger partial charge in [-0.15, -0.1) is 0 Å². The summed E-state index contributed by atoms with van der Waals surface area (Å²) in [7, 11) is 0. The van der Waals surface area contributed by atoms with Crippen LogP contribution in [0.2, 0.25) is 0 Å². The van der Waals surface area contributed by atoms with Crippen molar-refractivity contribution in [1.29, 1.82) is 0 Å². The van der Waals surface area contributed by atoms with Crippen molar-refractivity contribution in [2.75, 3.05) is 26.4 Å². The zero-order valence-electron chi connectivity index (χ0n) is 17.0. The first kappa shape index (κ1) is 20.9. The third kappa shape index (κ3) is 5.59. The van der Waals surface area contributed by atoms with Gasteiger partial charge in [-0.1, -0.05) is 59.7 Å². The minimum atomic E-state index is -0.0591. The van der Waals surface area contributed by atoms with Gasteiger partial charge < -0.3 is 19.7 Å². The molecule has 0 bridgehead atoms. The molecule has 29 heavy (non-hydrogen) atoms. The van der Waals surface area contributed by atoms with Crippen LogP contribution in [0.1, 0.15) is 33.7 Å². The summed E-state index contributed by atoms with van der Waals surface area (Å²) in [5.41, 5.74) is 5.80. The van der Waals surface area contributed by atoms with Gasteiger partial charge in [0.25, 0.3) is 0 Å². The number of aryl methyl sites for hydroxylation is 2. The Hall–Kier alpha value is -2.82. The molecule has 4 heteroatoms. The van der Waals surface area contributed by atoms with Crippen molar-refractivity contribution in [3.8, 4) is 11.5 Å². The van der Waals surface area contributed by atoms with Gasteiger partial charge in [-0.2, -0.15) is 0 Å². The first-order valence-corrected chi connectivity index (χ1v) is 9.86. The summed E-state index contributed by atoms with van der Waals surface area (Å²) >= 11 is 0. The maximum atomic E-state index is 9.14. The summed E-state index contributed by atoms with van der Waals surface area (Å²) in [6, 6.07) is 22.8. The van der Waals surface area contributed by atoms with Gasteiger partial charge in [0, 0.05) is 12.0 Å². The lowest BCUT2D eigenvalue weighted by molar-refractivity contribution is 0.194. The molecule has 0 unspecified atom stereocenters. The molecule has 0 saturated heterocycles. The molecule has 3 rings (SSSR count). The Morgan fingerprint density at radius 2 is 1.03 bits per heavy atom. The molecular weight excluding hydrogens is 364 g/mol. The van der Waals surface area contributed by atoms with E-state index in [0.717, 1.165) is 5.56 Å². The summed E-state index contributed by atoms with van der Waals surface area (Å²) in [4.78, 5) is 0. The normalized spacial score (nSPS) is 10.9. The molecule has 0 aliphatic rings. The van der Waals surface area contributed by atoms with Gasteiger partial charge >= 0.3 is 0 Å². The van der Waals surface area contributed by atoms with Crippen molar-refractivity contribution in [2.24, 2.45) is 0 Å². The van der Waals surface area contributed by atoms with Crippen LogP contribution in [0.3, 0.4) is 0 Å². The van der Waals surface area contributed by atoms with E-state index in [4.69, 9.17) is 19.7 Å². The minimum absolute atomic E-state index is 0.00496. The van der Waals surface area contributed by atoms with Crippen molar-refractivity contribution in [3.63, 3.8) is 0 Å². The van der Waals surface area contributed by atoms with Crippen LogP contribution in [-0.4, -0.2) is 36.6 Å². The van der Waals surface area contributed by atoms with Crippen molar-refractivity contribution in [2.45, 2.75) is 19.8 Å². The fraction of sp³-hybridized carbons (Fsp3) is 0.280. The monoisotopic (exact) mass is 392 g/mol. The number of hydrogen-bond acceptors (Lipinski definition) is 4. The van der Waals surface area contributed by atoms with Gasteiger partial charge in [-0.25, -0.2) is 0 Å². The maximum Gasteiger partial charge on any atom is 0.123 e. The Labute approximate surface area is 172 Å². The molecule has 0 radical (unpaired) electrons. The third-order valence-corrected chi connectivity index (χ3v) is 4.78. The summed E-state index contributed by atoms with van der Waals surface area (Å²) in [5.74, 6) is 1.27. The maximum absolute atomic E-state index is 9.14. The van der Waals surface area contributed by atoms with E-state index in [2.05, 4.69) is 62.4 Å². The number of rotatable bonds is 9. The van der Waals surface area contributed by atoms with Crippen LogP contribution in [0.5, 0.6) is 11.5 Å². The lowest BCUT2D eigenvalue weighted by Crippen LogP contribution is -2.08. The third-order valence-electron chi connectivity index (χ3n) is 4.78. The molecule has 152 valence electrons. The van der Waals surface area contributed by atoms with Crippen LogP contribution in [0, 0.1) is 13.8 Å². The Kier molecular flexibility index (Phi) is 7.28. The van der Waals surface area contributed by atoms with Gasteiger partial charge in [-0.3, -0.25) is 0 Å². The summed E-state index contributed by atoms with van der Waals surface area (Å²) in [6.07, 6.45) is 0. The molecule has 0 aliphatic heterocycles. The first-order valence-electron chi connectivity index (χ1n) is 9.86. The lowest BCUT2D eigenvalue weighted by atomic mass is 9.84. The summed E-state index contributed by atoms with van der Waals surface area (Å²) in [5, 5.41) is 18.3. The van der Waals surface area contributed by atoms with Gasteiger partial charge in [0.2, 0.25) is 0 Å². The van der Waals surface area contributed by atoms with E-state index < -0.39 is 0 Å². The zero-order chi connectivity index (χ0) is 20.6. The van der Waals surface area contributed by atoms with Crippen LogP contribution in [0.4, 0.5) is 0 Å². The van der Waals surface area contributed by atoms with Crippen LogP contribution in [0.25, 0.3) is 0 Å². The smallest absolute Gasteiger partial charge is 0.123 e. The zero-order valence-corrected chi connectivity index (χ0v) is 17.0. The molecule has 3 aromatic carbocycles. The fourth-order valence-electron chi connectivity index (χ4n) is 3.35. The highest BCUT2D eigenvalue weighted by Gasteiger charge is 2.19. The van der Waals surface area contributed by atoms with Crippen LogP contribution < -0.4 is 9.47 Å². The predicted octanol–water partition coefficient (Wildman–Crippen LogP) is 4.23. The molecule has 4 nitrogen and oxygen atoms in total. The van der Waals surface area contributed by atoms with Crippen LogP contribution in [-0.2, 0) is 0 Å². The molecule has 0 aliphatic carbocycles. The summed E-state index contributed by atoms with van der Waals surface area (Å²) in [6.45, 7) is 4.46. The number of hydrogen-bond donors (Lipinski definition) is 2. The van der Waals surface area contributed by atoms with E-state index in [9.17, 15) is 0 Å². The van der Waals surface area contributed by atoms with Crippen molar-refractivity contribution in [3.05, 3.63) is 94.5 Å². The predicted molar refractivity (Wildman–Crippen MR) is 115 cm³/mol. The van der Waals surface area contributed by atoms with Crippen LogP contribution in [0.15, 0.2) is 66.7 Å². The second-order valence-corrected chi connectivity index (χ2v) is 7.14. The molecule has 3 aromatic rings. The van der Waals surface area contributed by atoms with Gasteiger partial charge in [0.15, 0.2) is 0 Å². The highest BCUT2D eigenvalue weighted by atomic mass is 16.5. The SMILES string of the molecule is Cc1ccc(C(c2ccc(C)cc2)c2cc(OCCO)cc(OCCO)c2)cc1. The molecule has 0 spiro atoms. The molecular formula is C25H28O4. The lowest BCUT2D eigenvalue weighted by Gasteiger charge is -2.21. The average molecular weight is 392 g/mol. The molecule has 0 atom stereocenters. The Morgan fingerprint density at radius 1 is 0.621 bits per heavy atom. The topological polar surface area (TPSA) is 58.9 Å². The first-order chi connectivity index (χ1) is 14.1. The number of benzene rings is 3. The van der Waals surface area contributed by atoms with E-state index in [1.807, 2.05) is 12.1 Å². The van der Waals surface area contributed by atoms with Gasteiger partial charge in [0.05, 0.1) is 13.2 Å². The highest BCUT2D eigenvalue weighted by molar-refractivity contribution is 5.49. The van der Waals surface area contributed by atoms with E-state index in [1.165, 1.54) is 22.3 Å². The van der Waals surface area contributed by atoms with E-state index in [0.29, 0.717) is 11.5 Å². The second kappa shape index (κ2) is 10.1. The molecule has 2 N–H and O–H groups in total. The molecule has 0 aromatic heterocycles. The quantitative estimate of drug-likeness (QED) is 0.535. The van der Waals surface area contributed by atoms with Gasteiger partial charge in [0.1, 0.15) is 24.7 Å². The van der Waals surface area contributed by atoms with E-state index in [1.54, 1.807) is 6.07 Å². The summed E-state index contributed by atoms with van der Waals surface area (Å²) < 4.78 is 11.4. The highest BCUT2D eigenvalue weighted by Crippen LogP contribution is 2.36. The minimum Gasteiger partial charge on any atom is -0.491 e.